The Morgan fingerprint density at radius 1 is 1.40 bits per heavy atom. The Bertz CT molecular complexity index is 666. The minimum absolute atomic E-state index is 0.389. The molecule has 3 heterocycles. The first kappa shape index (κ1) is 13.2. The molecule has 104 valence electrons. The maximum absolute atomic E-state index is 12.0. The number of carbonyl (C=O) groups excluding carboxylic acids is 1. The van der Waals surface area contributed by atoms with Gasteiger partial charge in [0.15, 0.2) is 11.5 Å². The maximum Gasteiger partial charge on any atom is 0.357 e. The standard InChI is InChI=1S/C14H15N3O2S/c1-8-6-20-7-10(8)13-16-11-5-15-4-3-9(11)12(17-13)14(18)19-2/h6-7,15H,3-5H2,1-2H3. The molecule has 0 aliphatic carbocycles. The average Bonchev–Trinajstić information content (AvgIpc) is 2.91. The summed E-state index contributed by atoms with van der Waals surface area (Å²) in [7, 11) is 1.38. The number of aryl methyl sites for hydroxylation is 1. The Labute approximate surface area is 121 Å². The van der Waals surface area contributed by atoms with E-state index in [9.17, 15) is 4.79 Å². The molecule has 0 atom stereocenters. The lowest BCUT2D eigenvalue weighted by molar-refractivity contribution is 0.0592. The Morgan fingerprint density at radius 3 is 2.95 bits per heavy atom. The molecule has 1 aliphatic rings. The third-order valence-electron chi connectivity index (χ3n) is 3.41. The van der Waals surface area contributed by atoms with E-state index in [1.807, 2.05) is 17.7 Å². The molecule has 2 aromatic heterocycles. The van der Waals surface area contributed by atoms with Crippen molar-refractivity contribution in [2.45, 2.75) is 19.9 Å². The van der Waals surface area contributed by atoms with Gasteiger partial charge in [0.05, 0.1) is 12.8 Å². The lowest BCUT2D eigenvalue weighted by Crippen LogP contribution is -2.28. The van der Waals surface area contributed by atoms with Crippen molar-refractivity contribution in [3.05, 3.63) is 33.3 Å². The fourth-order valence-electron chi connectivity index (χ4n) is 2.34. The SMILES string of the molecule is COC(=O)c1nc(-c2cscc2C)nc2c1CCNC2. The third kappa shape index (κ3) is 2.21. The molecule has 5 nitrogen and oxygen atoms in total. The van der Waals surface area contributed by atoms with E-state index in [1.54, 1.807) is 11.3 Å². The molecule has 6 heteroatoms. The molecular formula is C14H15N3O2S. The molecule has 2 aromatic rings. The minimum Gasteiger partial charge on any atom is -0.464 e. The second-order valence-corrected chi connectivity index (χ2v) is 5.45. The summed E-state index contributed by atoms with van der Waals surface area (Å²) in [6, 6.07) is 0. The molecular weight excluding hydrogens is 274 g/mol. The summed E-state index contributed by atoms with van der Waals surface area (Å²) in [5, 5.41) is 7.33. The highest BCUT2D eigenvalue weighted by Crippen LogP contribution is 2.26. The predicted octanol–water partition coefficient (Wildman–Crippen LogP) is 1.95. The fraction of sp³-hybridized carbons (Fsp3) is 0.357. The summed E-state index contributed by atoms with van der Waals surface area (Å²) in [5.74, 6) is 0.214. The first-order chi connectivity index (χ1) is 9.70. The lowest BCUT2D eigenvalue weighted by Gasteiger charge is -2.19. The van der Waals surface area contributed by atoms with Crippen molar-refractivity contribution in [2.75, 3.05) is 13.7 Å². The van der Waals surface area contributed by atoms with Gasteiger partial charge in [-0.15, -0.1) is 0 Å². The highest BCUT2D eigenvalue weighted by Gasteiger charge is 2.23. The molecule has 0 fully saturated rings. The van der Waals surface area contributed by atoms with Crippen LogP contribution in [0.3, 0.4) is 0 Å². The average molecular weight is 289 g/mol. The van der Waals surface area contributed by atoms with Gasteiger partial charge in [-0.25, -0.2) is 14.8 Å². The summed E-state index contributed by atoms with van der Waals surface area (Å²) in [4.78, 5) is 21.0. The number of esters is 1. The van der Waals surface area contributed by atoms with E-state index >= 15 is 0 Å². The molecule has 3 rings (SSSR count). The van der Waals surface area contributed by atoms with E-state index in [1.165, 1.54) is 7.11 Å². The number of fused-ring (bicyclic) bond motifs is 1. The summed E-state index contributed by atoms with van der Waals surface area (Å²) in [5.41, 5.74) is 4.31. The first-order valence-corrected chi connectivity index (χ1v) is 7.37. The largest absolute Gasteiger partial charge is 0.464 e. The van der Waals surface area contributed by atoms with E-state index in [0.717, 1.165) is 35.3 Å². The highest BCUT2D eigenvalue weighted by atomic mass is 32.1. The Hall–Kier alpha value is -1.79. The van der Waals surface area contributed by atoms with Crippen LogP contribution >= 0.6 is 11.3 Å². The zero-order valence-electron chi connectivity index (χ0n) is 11.4. The maximum atomic E-state index is 12.0. The quantitative estimate of drug-likeness (QED) is 0.856. The van der Waals surface area contributed by atoms with E-state index in [4.69, 9.17) is 4.74 Å². The van der Waals surface area contributed by atoms with Crippen LogP contribution in [0.4, 0.5) is 0 Å². The van der Waals surface area contributed by atoms with Gasteiger partial charge in [0.1, 0.15) is 0 Å². The van der Waals surface area contributed by atoms with Gasteiger partial charge in [-0.05, 0) is 30.8 Å². The topological polar surface area (TPSA) is 64.1 Å². The molecule has 0 unspecified atom stereocenters. The van der Waals surface area contributed by atoms with E-state index < -0.39 is 0 Å². The molecule has 0 radical (unpaired) electrons. The molecule has 1 aliphatic heterocycles. The van der Waals surface area contributed by atoms with Gasteiger partial charge in [-0.1, -0.05) is 0 Å². The number of methoxy groups -OCH3 is 1. The van der Waals surface area contributed by atoms with Crippen LogP contribution < -0.4 is 5.32 Å². The Kier molecular flexibility index (Phi) is 3.50. The zero-order valence-corrected chi connectivity index (χ0v) is 12.2. The summed E-state index contributed by atoms with van der Waals surface area (Å²) in [6.07, 6.45) is 0.753. The number of nitrogens with zero attached hydrogens (tertiary/aromatic N) is 2. The van der Waals surface area contributed by atoms with Crippen molar-refractivity contribution in [2.24, 2.45) is 0 Å². The van der Waals surface area contributed by atoms with E-state index in [0.29, 0.717) is 18.1 Å². The molecule has 20 heavy (non-hydrogen) atoms. The van der Waals surface area contributed by atoms with Crippen molar-refractivity contribution < 1.29 is 9.53 Å². The van der Waals surface area contributed by atoms with Crippen LogP contribution in [0, 0.1) is 6.92 Å². The first-order valence-electron chi connectivity index (χ1n) is 6.42. The molecule has 0 saturated heterocycles. The lowest BCUT2D eigenvalue weighted by atomic mass is 10.0. The highest BCUT2D eigenvalue weighted by molar-refractivity contribution is 7.08. The molecule has 0 saturated carbocycles. The number of nitrogens with one attached hydrogen (secondary N) is 1. The van der Waals surface area contributed by atoms with Crippen molar-refractivity contribution >= 4 is 17.3 Å². The molecule has 0 aromatic carbocycles. The van der Waals surface area contributed by atoms with Crippen molar-refractivity contribution in [1.29, 1.82) is 0 Å². The van der Waals surface area contributed by atoms with Crippen LogP contribution in [0.1, 0.15) is 27.3 Å². The third-order valence-corrected chi connectivity index (χ3v) is 4.27. The molecule has 1 N–H and O–H groups in total. The summed E-state index contributed by atoms with van der Waals surface area (Å²) in [6.45, 7) is 3.51. The van der Waals surface area contributed by atoms with Crippen molar-refractivity contribution in [3.63, 3.8) is 0 Å². The number of carbonyl (C=O) groups is 1. The number of hydrogen-bond acceptors (Lipinski definition) is 6. The Balaban J connectivity index is 2.18. The second kappa shape index (κ2) is 5.30. The summed E-state index contributed by atoms with van der Waals surface area (Å²) < 4.78 is 4.86. The summed E-state index contributed by atoms with van der Waals surface area (Å²) >= 11 is 1.61. The number of aromatic nitrogens is 2. The smallest absolute Gasteiger partial charge is 0.357 e. The molecule has 0 amide bonds. The van der Waals surface area contributed by atoms with Crippen LogP contribution in [0.2, 0.25) is 0 Å². The normalized spacial score (nSPS) is 13.9. The zero-order chi connectivity index (χ0) is 14.1. The van der Waals surface area contributed by atoms with Gasteiger partial charge in [-0.3, -0.25) is 0 Å². The van der Waals surface area contributed by atoms with Crippen LogP contribution in [-0.2, 0) is 17.7 Å². The number of thiophene rings is 1. The van der Waals surface area contributed by atoms with E-state index in [-0.39, 0.29) is 5.97 Å². The van der Waals surface area contributed by atoms with Gasteiger partial charge in [0.2, 0.25) is 0 Å². The monoisotopic (exact) mass is 289 g/mol. The van der Waals surface area contributed by atoms with Crippen molar-refractivity contribution in [3.8, 4) is 11.4 Å². The van der Waals surface area contributed by atoms with Gasteiger partial charge >= 0.3 is 5.97 Å². The number of ether oxygens (including phenoxy) is 1. The van der Waals surface area contributed by atoms with E-state index in [2.05, 4.69) is 15.3 Å². The van der Waals surface area contributed by atoms with Gasteiger partial charge < -0.3 is 10.1 Å². The van der Waals surface area contributed by atoms with Crippen LogP contribution in [-0.4, -0.2) is 29.6 Å². The molecule has 0 bridgehead atoms. The van der Waals surface area contributed by atoms with Crippen LogP contribution in [0.5, 0.6) is 0 Å². The van der Waals surface area contributed by atoms with Gasteiger partial charge in [-0.2, -0.15) is 11.3 Å². The number of rotatable bonds is 2. The minimum atomic E-state index is -0.389. The van der Waals surface area contributed by atoms with Gasteiger partial charge in [0, 0.05) is 23.1 Å². The van der Waals surface area contributed by atoms with Crippen LogP contribution in [0.15, 0.2) is 10.8 Å². The Morgan fingerprint density at radius 2 is 2.25 bits per heavy atom. The molecule has 0 spiro atoms. The second-order valence-electron chi connectivity index (χ2n) is 4.71. The van der Waals surface area contributed by atoms with Crippen LogP contribution in [0.25, 0.3) is 11.4 Å². The van der Waals surface area contributed by atoms with Crippen molar-refractivity contribution in [1.82, 2.24) is 15.3 Å². The number of hydrogen-bond donors (Lipinski definition) is 1. The van der Waals surface area contributed by atoms with Gasteiger partial charge in [0.25, 0.3) is 0 Å². The fourth-order valence-corrected chi connectivity index (χ4v) is 3.16. The predicted molar refractivity (Wildman–Crippen MR) is 76.8 cm³/mol.